The molecule has 0 bridgehead atoms. The van der Waals surface area contributed by atoms with Crippen LogP contribution in [0.15, 0.2) is 30.6 Å². The summed E-state index contributed by atoms with van der Waals surface area (Å²) in [4.78, 5) is 22.2. The lowest BCUT2D eigenvalue weighted by Crippen LogP contribution is -2.20. The first kappa shape index (κ1) is 14.5. The maximum absolute atomic E-state index is 13.5. The molecular formula is C13H13FN4O3. The molecule has 7 nitrogen and oxygen atoms in total. The SMILES string of the molecule is Cc1ccc(F)c(NC(=O)Nc2cnn(CC(=O)O)c2)c1. The fraction of sp³-hybridized carbons (Fsp3) is 0.154. The van der Waals surface area contributed by atoms with Crippen molar-refractivity contribution in [2.24, 2.45) is 0 Å². The van der Waals surface area contributed by atoms with E-state index in [1.807, 2.05) is 0 Å². The van der Waals surface area contributed by atoms with E-state index in [0.717, 1.165) is 10.2 Å². The van der Waals surface area contributed by atoms with Crippen LogP contribution in [-0.2, 0) is 11.3 Å². The van der Waals surface area contributed by atoms with Gasteiger partial charge in [0.25, 0.3) is 0 Å². The van der Waals surface area contributed by atoms with Gasteiger partial charge in [-0.2, -0.15) is 5.10 Å². The van der Waals surface area contributed by atoms with Gasteiger partial charge in [0.2, 0.25) is 0 Å². The van der Waals surface area contributed by atoms with Gasteiger partial charge in [-0.1, -0.05) is 6.07 Å². The predicted octanol–water partition coefficient (Wildman–Crippen LogP) is 2.06. The minimum absolute atomic E-state index is 0.0606. The van der Waals surface area contributed by atoms with Crippen molar-refractivity contribution >= 4 is 23.4 Å². The monoisotopic (exact) mass is 292 g/mol. The Bertz CT molecular complexity index is 684. The number of halogens is 1. The van der Waals surface area contributed by atoms with Crippen molar-refractivity contribution < 1.29 is 19.1 Å². The highest BCUT2D eigenvalue weighted by molar-refractivity contribution is 5.99. The zero-order chi connectivity index (χ0) is 15.4. The number of carbonyl (C=O) groups is 2. The van der Waals surface area contributed by atoms with Crippen molar-refractivity contribution in [2.75, 3.05) is 10.6 Å². The molecule has 1 heterocycles. The van der Waals surface area contributed by atoms with Gasteiger partial charge < -0.3 is 15.7 Å². The van der Waals surface area contributed by atoms with Crippen LogP contribution in [0.5, 0.6) is 0 Å². The molecule has 110 valence electrons. The van der Waals surface area contributed by atoms with Gasteiger partial charge in [-0.3, -0.25) is 9.48 Å². The average Bonchev–Trinajstić information content (AvgIpc) is 2.80. The third-order valence-electron chi connectivity index (χ3n) is 2.56. The highest BCUT2D eigenvalue weighted by Gasteiger charge is 2.09. The van der Waals surface area contributed by atoms with Gasteiger partial charge in [0.15, 0.2) is 0 Å². The molecule has 0 aliphatic heterocycles. The normalized spacial score (nSPS) is 10.2. The topological polar surface area (TPSA) is 96.3 Å². The number of carboxylic acid groups (broad SMARTS) is 1. The molecule has 21 heavy (non-hydrogen) atoms. The quantitative estimate of drug-likeness (QED) is 0.803. The molecule has 0 saturated heterocycles. The van der Waals surface area contributed by atoms with Crippen molar-refractivity contribution in [3.63, 3.8) is 0 Å². The Hall–Kier alpha value is -2.90. The zero-order valence-corrected chi connectivity index (χ0v) is 11.1. The van der Waals surface area contributed by atoms with Crippen LogP contribution < -0.4 is 10.6 Å². The highest BCUT2D eigenvalue weighted by Crippen LogP contribution is 2.16. The van der Waals surface area contributed by atoms with Crippen molar-refractivity contribution in [3.8, 4) is 0 Å². The maximum Gasteiger partial charge on any atom is 0.325 e. The van der Waals surface area contributed by atoms with Gasteiger partial charge >= 0.3 is 12.0 Å². The number of amides is 2. The van der Waals surface area contributed by atoms with Crippen LogP contribution in [0.4, 0.5) is 20.6 Å². The third kappa shape index (κ3) is 4.03. The Kier molecular flexibility index (Phi) is 4.17. The minimum atomic E-state index is -1.05. The fourth-order valence-electron chi connectivity index (χ4n) is 1.67. The van der Waals surface area contributed by atoms with E-state index >= 15 is 0 Å². The molecule has 0 unspecified atom stereocenters. The molecule has 0 aliphatic carbocycles. The van der Waals surface area contributed by atoms with Crippen molar-refractivity contribution in [3.05, 3.63) is 42.0 Å². The number of rotatable bonds is 4. The highest BCUT2D eigenvalue weighted by atomic mass is 19.1. The van der Waals surface area contributed by atoms with E-state index in [4.69, 9.17) is 5.11 Å². The Morgan fingerprint density at radius 3 is 2.86 bits per heavy atom. The number of carbonyl (C=O) groups excluding carboxylic acids is 1. The van der Waals surface area contributed by atoms with E-state index in [0.29, 0.717) is 5.69 Å². The summed E-state index contributed by atoms with van der Waals surface area (Å²) < 4.78 is 14.7. The summed E-state index contributed by atoms with van der Waals surface area (Å²) in [6.45, 7) is 1.47. The number of nitrogens with zero attached hydrogens (tertiary/aromatic N) is 2. The van der Waals surface area contributed by atoms with Crippen molar-refractivity contribution in [1.82, 2.24) is 9.78 Å². The molecule has 0 atom stereocenters. The summed E-state index contributed by atoms with van der Waals surface area (Å²) in [7, 11) is 0. The molecule has 1 aromatic carbocycles. The van der Waals surface area contributed by atoms with E-state index in [9.17, 15) is 14.0 Å². The lowest BCUT2D eigenvalue weighted by molar-refractivity contribution is -0.137. The number of aliphatic carboxylic acids is 1. The molecule has 1 aromatic heterocycles. The van der Waals surface area contributed by atoms with Gasteiger partial charge in [0.1, 0.15) is 12.4 Å². The molecular weight excluding hydrogens is 279 g/mol. The van der Waals surface area contributed by atoms with E-state index in [1.54, 1.807) is 13.0 Å². The Morgan fingerprint density at radius 1 is 1.38 bits per heavy atom. The number of carboxylic acids is 1. The van der Waals surface area contributed by atoms with Crippen LogP contribution in [0, 0.1) is 12.7 Å². The van der Waals surface area contributed by atoms with E-state index < -0.39 is 17.8 Å². The summed E-state index contributed by atoms with van der Waals surface area (Å²) >= 11 is 0. The Morgan fingerprint density at radius 2 is 2.14 bits per heavy atom. The lowest BCUT2D eigenvalue weighted by Gasteiger charge is -2.07. The zero-order valence-electron chi connectivity index (χ0n) is 11.1. The van der Waals surface area contributed by atoms with Crippen LogP contribution in [0.25, 0.3) is 0 Å². The van der Waals surface area contributed by atoms with E-state index in [2.05, 4.69) is 15.7 Å². The number of anilines is 2. The van der Waals surface area contributed by atoms with E-state index in [1.165, 1.54) is 24.5 Å². The Balaban J connectivity index is 2.00. The lowest BCUT2D eigenvalue weighted by atomic mass is 10.2. The van der Waals surface area contributed by atoms with Gasteiger partial charge in [-0.05, 0) is 24.6 Å². The molecule has 3 N–H and O–H groups in total. The second-order valence-corrected chi connectivity index (χ2v) is 4.38. The van der Waals surface area contributed by atoms with Crippen LogP contribution in [0.2, 0.25) is 0 Å². The number of hydrogen-bond donors (Lipinski definition) is 3. The number of urea groups is 1. The summed E-state index contributed by atoms with van der Waals surface area (Å²) in [5, 5.41) is 17.2. The molecule has 2 amide bonds. The molecule has 2 aromatic rings. The standard InChI is InChI=1S/C13H13FN4O3/c1-8-2-3-10(14)11(4-8)17-13(21)16-9-5-15-18(6-9)7-12(19)20/h2-6H,7H2,1H3,(H,19,20)(H2,16,17,21). The van der Waals surface area contributed by atoms with Gasteiger partial charge in [-0.25, -0.2) is 9.18 Å². The largest absolute Gasteiger partial charge is 0.480 e. The molecule has 0 saturated carbocycles. The van der Waals surface area contributed by atoms with Crippen LogP contribution in [-0.4, -0.2) is 26.9 Å². The molecule has 0 fully saturated rings. The first-order chi connectivity index (χ1) is 9.94. The Labute approximate surface area is 119 Å². The number of nitrogens with one attached hydrogen (secondary N) is 2. The van der Waals surface area contributed by atoms with Crippen LogP contribution in [0.1, 0.15) is 5.56 Å². The van der Waals surface area contributed by atoms with Gasteiger partial charge in [0.05, 0.1) is 17.6 Å². The predicted molar refractivity (Wildman–Crippen MR) is 73.6 cm³/mol. The number of hydrogen-bond acceptors (Lipinski definition) is 3. The van der Waals surface area contributed by atoms with Crippen LogP contribution in [0.3, 0.4) is 0 Å². The van der Waals surface area contributed by atoms with Crippen LogP contribution >= 0.6 is 0 Å². The second kappa shape index (κ2) is 6.04. The molecule has 0 radical (unpaired) electrons. The summed E-state index contributed by atoms with van der Waals surface area (Å²) in [6.07, 6.45) is 2.66. The first-order valence-corrected chi connectivity index (χ1v) is 6.02. The number of aromatic nitrogens is 2. The molecule has 0 spiro atoms. The maximum atomic E-state index is 13.5. The minimum Gasteiger partial charge on any atom is -0.480 e. The third-order valence-corrected chi connectivity index (χ3v) is 2.56. The summed E-state index contributed by atoms with van der Waals surface area (Å²) in [5.74, 6) is -1.59. The molecule has 8 heteroatoms. The molecule has 0 aliphatic rings. The van der Waals surface area contributed by atoms with Gasteiger partial charge in [-0.15, -0.1) is 0 Å². The average molecular weight is 292 g/mol. The van der Waals surface area contributed by atoms with Gasteiger partial charge in [0, 0.05) is 6.20 Å². The number of aryl methyl sites for hydroxylation is 1. The van der Waals surface area contributed by atoms with E-state index in [-0.39, 0.29) is 12.2 Å². The molecule has 2 rings (SSSR count). The first-order valence-electron chi connectivity index (χ1n) is 6.02. The fourth-order valence-corrected chi connectivity index (χ4v) is 1.67. The second-order valence-electron chi connectivity index (χ2n) is 4.38. The van der Waals surface area contributed by atoms with Crippen molar-refractivity contribution in [1.29, 1.82) is 0 Å². The number of benzene rings is 1. The van der Waals surface area contributed by atoms with Crippen molar-refractivity contribution in [2.45, 2.75) is 13.5 Å². The smallest absolute Gasteiger partial charge is 0.325 e. The summed E-state index contributed by atoms with van der Waals surface area (Å²) in [5.41, 5.74) is 1.17. The summed E-state index contributed by atoms with van der Waals surface area (Å²) in [6, 6.07) is 3.71.